The van der Waals surface area contributed by atoms with E-state index >= 15 is 0 Å². The number of allylic oxidation sites excluding steroid dienone is 1. The SMILES string of the molecule is [2H]C(Cl)=C([2H])C(=O)c1ccccc1. The highest BCUT2D eigenvalue weighted by Gasteiger charge is 1.97. The minimum Gasteiger partial charge on any atom is -0.289 e. The van der Waals surface area contributed by atoms with Crippen LogP contribution in [0.4, 0.5) is 0 Å². The molecule has 0 heterocycles. The third kappa shape index (κ3) is 2.20. The molecule has 11 heavy (non-hydrogen) atoms. The van der Waals surface area contributed by atoms with Crippen LogP contribution in [0.25, 0.3) is 0 Å². The highest BCUT2D eigenvalue weighted by atomic mass is 35.5. The first-order valence-corrected chi connectivity index (χ1v) is 3.43. The zero-order chi connectivity index (χ0) is 9.84. The molecule has 1 nitrogen and oxygen atoms in total. The van der Waals surface area contributed by atoms with Crippen molar-refractivity contribution in [1.82, 2.24) is 0 Å². The van der Waals surface area contributed by atoms with Crippen LogP contribution in [0, 0.1) is 0 Å². The number of carbonyl (C=O) groups is 1. The van der Waals surface area contributed by atoms with Gasteiger partial charge in [-0.15, -0.1) is 0 Å². The van der Waals surface area contributed by atoms with Crippen molar-refractivity contribution in [2.75, 3.05) is 0 Å². The molecule has 0 aliphatic carbocycles. The Kier molecular flexibility index (Phi) is 1.99. The number of benzene rings is 1. The Bertz CT molecular complexity index is 342. The zero-order valence-corrected chi connectivity index (χ0v) is 6.43. The first-order chi connectivity index (χ1) is 6.13. The zero-order valence-electron chi connectivity index (χ0n) is 7.67. The van der Waals surface area contributed by atoms with E-state index in [0.717, 1.165) is 0 Å². The van der Waals surface area contributed by atoms with E-state index in [1.165, 1.54) is 0 Å². The quantitative estimate of drug-likeness (QED) is 0.490. The van der Waals surface area contributed by atoms with Crippen molar-refractivity contribution in [3.8, 4) is 0 Å². The molecular weight excluding hydrogens is 160 g/mol. The fraction of sp³-hybridized carbons (Fsp3) is 0. The Morgan fingerprint density at radius 3 is 2.64 bits per heavy atom. The molecule has 0 unspecified atom stereocenters. The van der Waals surface area contributed by atoms with E-state index in [9.17, 15) is 4.79 Å². The lowest BCUT2D eigenvalue weighted by Gasteiger charge is -1.91. The first-order valence-electron chi connectivity index (χ1n) is 4.05. The second-order valence-corrected chi connectivity index (χ2v) is 2.10. The van der Waals surface area contributed by atoms with E-state index in [2.05, 4.69) is 0 Å². The van der Waals surface area contributed by atoms with Crippen LogP contribution in [0.1, 0.15) is 13.1 Å². The number of ketones is 1. The molecule has 0 radical (unpaired) electrons. The third-order valence-electron chi connectivity index (χ3n) is 1.20. The average Bonchev–Trinajstić information content (AvgIpc) is 2.17. The lowest BCUT2D eigenvalue weighted by molar-refractivity contribution is 0.104. The lowest BCUT2D eigenvalue weighted by Crippen LogP contribution is -1.91. The summed E-state index contributed by atoms with van der Waals surface area (Å²) in [6, 6.07) is 7.84. The van der Waals surface area contributed by atoms with E-state index < -0.39 is 17.3 Å². The van der Waals surface area contributed by atoms with Crippen LogP contribution in [0.15, 0.2) is 41.9 Å². The van der Waals surface area contributed by atoms with Crippen LogP contribution in [-0.2, 0) is 0 Å². The minimum absolute atomic E-state index is 0.373. The molecule has 0 atom stereocenters. The molecule has 2 heteroatoms. The van der Waals surface area contributed by atoms with Gasteiger partial charge in [0.1, 0.15) is 0 Å². The highest BCUT2D eigenvalue weighted by Crippen LogP contribution is 2.00. The van der Waals surface area contributed by atoms with Gasteiger partial charge in [-0.2, -0.15) is 0 Å². The maximum Gasteiger partial charge on any atom is 0.186 e. The van der Waals surface area contributed by atoms with Gasteiger partial charge in [0.15, 0.2) is 5.78 Å². The summed E-state index contributed by atoms with van der Waals surface area (Å²) < 4.78 is 14.1. The molecule has 0 aromatic heterocycles. The van der Waals surface area contributed by atoms with Crippen LogP contribution in [0.3, 0.4) is 0 Å². The monoisotopic (exact) mass is 168 g/mol. The molecule has 0 N–H and O–H groups in total. The van der Waals surface area contributed by atoms with Gasteiger partial charge < -0.3 is 0 Å². The first kappa shape index (κ1) is 5.56. The van der Waals surface area contributed by atoms with Gasteiger partial charge in [-0.3, -0.25) is 4.79 Å². The molecule has 0 saturated carbocycles. The molecule has 1 aromatic carbocycles. The van der Waals surface area contributed by atoms with Gasteiger partial charge in [0.25, 0.3) is 0 Å². The van der Waals surface area contributed by atoms with Gasteiger partial charge >= 0.3 is 0 Å². The van der Waals surface area contributed by atoms with E-state index in [1.54, 1.807) is 30.3 Å². The van der Waals surface area contributed by atoms with Crippen LogP contribution in [0.5, 0.6) is 0 Å². The standard InChI is InChI=1S/C9H7ClO/c10-7-6-9(11)8-4-2-1-3-5-8/h1-7H/i6D,7D. The molecule has 1 aromatic rings. The maximum absolute atomic E-state index is 11.3. The Hall–Kier alpha value is -1.08. The molecule has 56 valence electrons. The fourth-order valence-electron chi connectivity index (χ4n) is 0.705. The summed E-state index contributed by atoms with van der Waals surface area (Å²) >= 11 is 5.21. The molecule has 0 aliphatic rings. The van der Waals surface area contributed by atoms with E-state index in [0.29, 0.717) is 5.56 Å². The van der Waals surface area contributed by atoms with Gasteiger partial charge in [0, 0.05) is 11.1 Å². The van der Waals surface area contributed by atoms with Crippen LogP contribution >= 0.6 is 11.6 Å². The summed E-state index contributed by atoms with van der Waals surface area (Å²) in [5.74, 6) is -0.527. The van der Waals surface area contributed by atoms with Crippen molar-refractivity contribution in [1.29, 1.82) is 0 Å². The normalized spacial score (nSPS) is 14.6. The Morgan fingerprint density at radius 1 is 1.45 bits per heavy atom. The summed E-state index contributed by atoms with van der Waals surface area (Å²) in [5.41, 5.74) is -0.160. The smallest absolute Gasteiger partial charge is 0.186 e. The lowest BCUT2D eigenvalue weighted by atomic mass is 10.1. The summed E-state index contributed by atoms with van der Waals surface area (Å²) in [6.07, 6.45) is 0. The average molecular weight is 169 g/mol. The van der Waals surface area contributed by atoms with Gasteiger partial charge in [0.05, 0.1) is 2.74 Å². The predicted molar refractivity (Wildman–Crippen MR) is 45.8 cm³/mol. The molecule has 0 bridgehead atoms. The topological polar surface area (TPSA) is 17.1 Å². The highest BCUT2D eigenvalue weighted by molar-refractivity contribution is 6.27. The number of rotatable bonds is 2. The minimum atomic E-state index is -0.533. The largest absolute Gasteiger partial charge is 0.289 e. The predicted octanol–water partition coefficient (Wildman–Crippen LogP) is 2.62. The van der Waals surface area contributed by atoms with Crippen molar-refractivity contribution in [2.24, 2.45) is 0 Å². The second-order valence-electron chi connectivity index (χ2n) is 1.91. The van der Waals surface area contributed by atoms with Gasteiger partial charge in [-0.1, -0.05) is 41.9 Å². The molecule has 0 amide bonds. The maximum atomic E-state index is 11.3. The van der Waals surface area contributed by atoms with Crippen LogP contribution < -0.4 is 0 Å². The summed E-state index contributed by atoms with van der Waals surface area (Å²) in [4.78, 5) is 11.3. The van der Waals surface area contributed by atoms with Crippen molar-refractivity contribution in [3.05, 3.63) is 47.5 Å². The molecule has 1 rings (SSSR count). The van der Waals surface area contributed by atoms with Crippen molar-refractivity contribution in [2.45, 2.75) is 0 Å². The number of hydrogen-bond donors (Lipinski definition) is 0. The molecule has 0 saturated heterocycles. The van der Waals surface area contributed by atoms with E-state index in [4.69, 9.17) is 14.3 Å². The van der Waals surface area contributed by atoms with Crippen LogP contribution in [0.2, 0.25) is 0 Å². The van der Waals surface area contributed by atoms with Crippen molar-refractivity contribution >= 4 is 17.4 Å². The van der Waals surface area contributed by atoms with Crippen molar-refractivity contribution < 1.29 is 7.54 Å². The van der Waals surface area contributed by atoms with Gasteiger partial charge in [-0.25, -0.2) is 0 Å². The fourth-order valence-corrected chi connectivity index (χ4v) is 0.790. The van der Waals surface area contributed by atoms with Gasteiger partial charge in [-0.05, 0) is 6.05 Å². The summed E-state index contributed by atoms with van der Waals surface area (Å²) in [5, 5.41) is 0. The second kappa shape index (κ2) is 3.94. The number of hydrogen-bond acceptors (Lipinski definition) is 1. The molecule has 0 spiro atoms. The van der Waals surface area contributed by atoms with Crippen molar-refractivity contribution in [3.63, 3.8) is 0 Å². The molecule has 0 fully saturated rings. The Balaban J connectivity index is 3.00. The summed E-state index contributed by atoms with van der Waals surface area (Å²) in [6.45, 7) is 0. The van der Waals surface area contributed by atoms with E-state index in [1.807, 2.05) is 0 Å². The van der Waals surface area contributed by atoms with Gasteiger partial charge in [0.2, 0.25) is 0 Å². The Morgan fingerprint density at radius 2 is 2.09 bits per heavy atom. The number of carbonyl (C=O) groups excluding carboxylic acids is 1. The Labute approximate surface area is 73.1 Å². The molecule has 0 aliphatic heterocycles. The molecular formula is C9H7ClO. The summed E-state index contributed by atoms with van der Waals surface area (Å²) in [7, 11) is 0. The number of halogens is 1. The van der Waals surface area contributed by atoms with E-state index in [-0.39, 0.29) is 0 Å². The van der Waals surface area contributed by atoms with Crippen LogP contribution in [-0.4, -0.2) is 5.78 Å². The third-order valence-corrected chi connectivity index (χ3v) is 1.29.